The minimum absolute atomic E-state index is 0.288. The van der Waals surface area contributed by atoms with Gasteiger partial charge in [0.15, 0.2) is 10.6 Å². The summed E-state index contributed by atoms with van der Waals surface area (Å²) >= 11 is 7.63. The fourth-order valence-electron chi connectivity index (χ4n) is 3.72. The number of morpholine rings is 1. The highest BCUT2D eigenvalue weighted by Gasteiger charge is 2.27. The fourth-order valence-corrected chi connectivity index (χ4v) is 4.73. The normalized spacial score (nSPS) is 25.9. The van der Waals surface area contributed by atoms with Gasteiger partial charge in [0.05, 0.1) is 18.2 Å². The van der Waals surface area contributed by atoms with Crippen molar-refractivity contribution in [2.45, 2.75) is 44.7 Å². The van der Waals surface area contributed by atoms with Crippen molar-refractivity contribution in [1.82, 2.24) is 19.9 Å². The number of hydrogen-bond donors (Lipinski definition) is 1. The molecule has 2 aliphatic rings. The van der Waals surface area contributed by atoms with E-state index in [4.69, 9.17) is 16.3 Å². The molecule has 2 aromatic rings. The Labute approximate surface area is 150 Å². The monoisotopic (exact) mass is 367 g/mol. The van der Waals surface area contributed by atoms with Crippen LogP contribution in [-0.4, -0.2) is 58.2 Å². The van der Waals surface area contributed by atoms with E-state index in [1.54, 1.807) is 11.3 Å². The molecule has 8 heteroatoms. The highest BCUT2D eigenvalue weighted by Crippen LogP contribution is 2.30. The van der Waals surface area contributed by atoms with Crippen LogP contribution in [-0.2, 0) is 4.74 Å². The molecule has 0 atom stereocenters. The van der Waals surface area contributed by atoms with E-state index < -0.39 is 0 Å². The molecule has 0 amide bonds. The second-order valence-corrected chi connectivity index (χ2v) is 8.05. The van der Waals surface area contributed by atoms with Crippen LogP contribution in [0.4, 0.5) is 5.82 Å². The molecule has 0 aromatic carbocycles. The maximum absolute atomic E-state index is 6.07. The van der Waals surface area contributed by atoms with E-state index in [2.05, 4.69) is 25.2 Å². The number of rotatable bonds is 3. The number of fused-ring (bicyclic) bond motifs is 1. The summed E-state index contributed by atoms with van der Waals surface area (Å²) in [4.78, 5) is 16.7. The van der Waals surface area contributed by atoms with Gasteiger partial charge < -0.3 is 10.1 Å². The molecular weight excluding hydrogens is 346 g/mol. The van der Waals surface area contributed by atoms with Crippen LogP contribution < -0.4 is 5.32 Å². The quantitative estimate of drug-likeness (QED) is 0.841. The summed E-state index contributed by atoms with van der Waals surface area (Å²) in [7, 11) is 0. The van der Waals surface area contributed by atoms with Crippen LogP contribution in [0.5, 0.6) is 0 Å². The number of thiazole rings is 1. The van der Waals surface area contributed by atoms with E-state index in [1.165, 1.54) is 12.8 Å². The SMILES string of the molecule is Cc1nc2c(N[C@H]3CC[C@H](N4CCOCC4)CC3)nc(Cl)nc2s1. The Balaban J connectivity index is 1.42. The van der Waals surface area contributed by atoms with Gasteiger partial charge >= 0.3 is 0 Å². The molecule has 1 aliphatic carbocycles. The van der Waals surface area contributed by atoms with E-state index in [0.29, 0.717) is 12.1 Å². The van der Waals surface area contributed by atoms with E-state index in [9.17, 15) is 0 Å². The Hall–Kier alpha value is -1.02. The smallest absolute Gasteiger partial charge is 0.225 e. The average molecular weight is 368 g/mol. The van der Waals surface area contributed by atoms with Gasteiger partial charge in [0.1, 0.15) is 5.52 Å². The predicted octanol–water partition coefficient (Wildman–Crippen LogP) is 3.10. The highest BCUT2D eigenvalue weighted by molar-refractivity contribution is 7.18. The second kappa shape index (κ2) is 7.07. The molecule has 1 N–H and O–H groups in total. The summed E-state index contributed by atoms with van der Waals surface area (Å²) in [6.07, 6.45) is 4.73. The Kier molecular flexibility index (Phi) is 4.85. The van der Waals surface area contributed by atoms with Gasteiger partial charge in [-0.25, -0.2) is 9.97 Å². The molecule has 3 heterocycles. The van der Waals surface area contributed by atoms with Crippen LogP contribution in [0.1, 0.15) is 30.7 Å². The Morgan fingerprint density at radius 2 is 1.88 bits per heavy atom. The zero-order valence-corrected chi connectivity index (χ0v) is 15.4. The largest absolute Gasteiger partial charge is 0.379 e. The van der Waals surface area contributed by atoms with Crippen molar-refractivity contribution in [2.24, 2.45) is 0 Å². The summed E-state index contributed by atoms with van der Waals surface area (Å²) in [6, 6.07) is 1.13. The van der Waals surface area contributed by atoms with Crippen molar-refractivity contribution in [2.75, 3.05) is 31.6 Å². The highest BCUT2D eigenvalue weighted by atomic mass is 35.5. The van der Waals surface area contributed by atoms with Gasteiger partial charge in [-0.05, 0) is 44.2 Å². The van der Waals surface area contributed by atoms with Crippen LogP contribution in [0.3, 0.4) is 0 Å². The third-order valence-electron chi connectivity index (χ3n) is 4.94. The summed E-state index contributed by atoms with van der Waals surface area (Å²) in [5.41, 5.74) is 0.845. The van der Waals surface area contributed by atoms with Crippen molar-refractivity contribution in [3.05, 3.63) is 10.3 Å². The number of nitrogens with zero attached hydrogens (tertiary/aromatic N) is 4. The molecule has 0 bridgehead atoms. The summed E-state index contributed by atoms with van der Waals surface area (Å²) < 4.78 is 5.46. The van der Waals surface area contributed by atoms with Crippen molar-refractivity contribution in [3.63, 3.8) is 0 Å². The summed E-state index contributed by atoms with van der Waals surface area (Å²) in [5, 5.41) is 4.84. The van der Waals surface area contributed by atoms with Crippen LogP contribution in [0.2, 0.25) is 5.28 Å². The van der Waals surface area contributed by atoms with Gasteiger partial charge in [-0.1, -0.05) is 11.3 Å². The number of hydrogen-bond acceptors (Lipinski definition) is 7. The van der Waals surface area contributed by atoms with Crippen molar-refractivity contribution < 1.29 is 4.74 Å². The Morgan fingerprint density at radius 3 is 2.62 bits per heavy atom. The predicted molar refractivity (Wildman–Crippen MR) is 97.0 cm³/mol. The standard InChI is InChI=1S/C16H22ClN5OS/c1-10-18-13-14(20-16(17)21-15(13)24-10)19-11-2-4-12(5-3-11)22-6-8-23-9-7-22/h11-12H,2-9H2,1H3,(H,19,20,21)/t11-,12-. The third-order valence-corrected chi connectivity index (χ3v) is 5.97. The topological polar surface area (TPSA) is 63.2 Å². The van der Waals surface area contributed by atoms with Gasteiger partial charge in [0.25, 0.3) is 0 Å². The molecule has 0 spiro atoms. The molecule has 1 aliphatic heterocycles. The zero-order valence-electron chi connectivity index (χ0n) is 13.8. The first kappa shape index (κ1) is 16.4. The number of nitrogens with one attached hydrogen (secondary N) is 1. The third kappa shape index (κ3) is 3.49. The maximum Gasteiger partial charge on any atom is 0.225 e. The van der Waals surface area contributed by atoms with Gasteiger partial charge in [-0.2, -0.15) is 4.98 Å². The van der Waals surface area contributed by atoms with Gasteiger partial charge in [-0.3, -0.25) is 4.90 Å². The van der Waals surface area contributed by atoms with Gasteiger partial charge in [-0.15, -0.1) is 0 Å². The van der Waals surface area contributed by atoms with Crippen molar-refractivity contribution >= 4 is 39.1 Å². The van der Waals surface area contributed by atoms with Gasteiger partial charge in [0.2, 0.25) is 5.28 Å². The number of aryl methyl sites for hydroxylation is 1. The number of aromatic nitrogens is 3. The number of ether oxygens (including phenoxy) is 1. The first-order chi connectivity index (χ1) is 11.7. The van der Waals surface area contributed by atoms with E-state index in [0.717, 1.165) is 60.3 Å². The molecule has 4 rings (SSSR count). The number of anilines is 1. The van der Waals surface area contributed by atoms with Crippen LogP contribution in [0.15, 0.2) is 0 Å². The van der Waals surface area contributed by atoms with E-state index in [1.807, 2.05) is 6.92 Å². The zero-order chi connectivity index (χ0) is 16.5. The molecule has 2 aromatic heterocycles. The molecule has 1 saturated heterocycles. The summed E-state index contributed by atoms with van der Waals surface area (Å²) in [6.45, 7) is 5.88. The lowest BCUT2D eigenvalue weighted by atomic mass is 9.90. The second-order valence-electron chi connectivity index (χ2n) is 6.53. The molecule has 24 heavy (non-hydrogen) atoms. The first-order valence-corrected chi connectivity index (χ1v) is 9.77. The van der Waals surface area contributed by atoms with Crippen LogP contribution >= 0.6 is 22.9 Å². The molecule has 0 radical (unpaired) electrons. The van der Waals surface area contributed by atoms with Crippen LogP contribution in [0.25, 0.3) is 10.3 Å². The van der Waals surface area contributed by atoms with E-state index in [-0.39, 0.29) is 5.28 Å². The maximum atomic E-state index is 6.07. The molecule has 1 saturated carbocycles. The number of halogens is 1. The van der Waals surface area contributed by atoms with E-state index >= 15 is 0 Å². The fraction of sp³-hybridized carbons (Fsp3) is 0.688. The lowest BCUT2D eigenvalue weighted by Gasteiger charge is -2.39. The molecule has 6 nitrogen and oxygen atoms in total. The van der Waals surface area contributed by atoms with Crippen molar-refractivity contribution in [1.29, 1.82) is 0 Å². The summed E-state index contributed by atoms with van der Waals surface area (Å²) in [5.74, 6) is 0.782. The Morgan fingerprint density at radius 1 is 1.12 bits per heavy atom. The lowest BCUT2D eigenvalue weighted by Crippen LogP contribution is -2.46. The van der Waals surface area contributed by atoms with Gasteiger partial charge in [0, 0.05) is 25.2 Å². The first-order valence-electron chi connectivity index (χ1n) is 8.58. The lowest BCUT2D eigenvalue weighted by molar-refractivity contribution is 0.00791. The molecule has 2 fully saturated rings. The van der Waals surface area contributed by atoms with Crippen molar-refractivity contribution in [3.8, 4) is 0 Å². The minimum Gasteiger partial charge on any atom is -0.379 e. The molecular formula is C16H22ClN5OS. The Bertz CT molecular complexity index is 710. The molecule has 0 unspecified atom stereocenters. The van der Waals surface area contributed by atoms with Crippen LogP contribution in [0, 0.1) is 6.92 Å². The molecule has 130 valence electrons. The average Bonchev–Trinajstić information content (AvgIpc) is 2.97. The minimum atomic E-state index is 0.288.